The van der Waals surface area contributed by atoms with Crippen LogP contribution in [0.2, 0.25) is 0 Å². The second-order valence-electron chi connectivity index (χ2n) is 5.03. The molecule has 0 bridgehead atoms. The largest absolute Gasteiger partial charge is 0.493 e. The first-order valence-corrected chi connectivity index (χ1v) is 8.13. The van der Waals surface area contributed by atoms with Gasteiger partial charge in [-0.1, -0.05) is 12.1 Å². The van der Waals surface area contributed by atoms with Gasteiger partial charge < -0.3 is 10.5 Å². The van der Waals surface area contributed by atoms with Crippen LogP contribution in [0, 0.1) is 5.82 Å². The molecule has 0 aromatic heterocycles. The average Bonchev–Trinajstić information content (AvgIpc) is 2.92. The van der Waals surface area contributed by atoms with Crippen molar-refractivity contribution in [3.8, 4) is 5.75 Å². The highest BCUT2D eigenvalue weighted by Gasteiger charge is 2.14. The topological polar surface area (TPSA) is 52.3 Å². The van der Waals surface area contributed by atoms with Gasteiger partial charge in [0.15, 0.2) is 0 Å². The fourth-order valence-corrected chi connectivity index (χ4v) is 3.55. The highest BCUT2D eigenvalue weighted by Crippen LogP contribution is 2.26. The Morgan fingerprint density at radius 1 is 1.24 bits per heavy atom. The summed E-state index contributed by atoms with van der Waals surface area (Å²) in [7, 11) is -1.36. The number of aryl methyl sites for hydroxylation is 1. The SMILES string of the molecule is Nc1ccc(S(=O)CCc2ccc3c(c2)CCO3)c(F)c1. The summed E-state index contributed by atoms with van der Waals surface area (Å²) in [6.45, 7) is 0.724. The molecule has 21 heavy (non-hydrogen) atoms. The normalized spacial score (nSPS) is 14.5. The molecule has 2 aromatic rings. The third-order valence-corrected chi connectivity index (χ3v) is 4.93. The van der Waals surface area contributed by atoms with Crippen molar-refractivity contribution in [2.75, 3.05) is 18.1 Å². The van der Waals surface area contributed by atoms with Crippen LogP contribution in [0.4, 0.5) is 10.1 Å². The zero-order valence-corrected chi connectivity index (χ0v) is 12.3. The van der Waals surface area contributed by atoms with Gasteiger partial charge in [0.05, 0.1) is 22.3 Å². The summed E-state index contributed by atoms with van der Waals surface area (Å²) < 4.78 is 31.4. The van der Waals surface area contributed by atoms with Crippen molar-refractivity contribution in [2.45, 2.75) is 17.7 Å². The first-order chi connectivity index (χ1) is 10.1. The van der Waals surface area contributed by atoms with Gasteiger partial charge in [-0.3, -0.25) is 4.21 Å². The number of hydrogen-bond donors (Lipinski definition) is 1. The number of ether oxygens (including phenoxy) is 1. The van der Waals surface area contributed by atoms with Crippen molar-refractivity contribution < 1.29 is 13.3 Å². The number of rotatable bonds is 4. The van der Waals surface area contributed by atoms with Gasteiger partial charge in [0.25, 0.3) is 0 Å². The van der Waals surface area contributed by atoms with Crippen LogP contribution in [-0.4, -0.2) is 16.6 Å². The number of nitrogens with two attached hydrogens (primary N) is 1. The molecule has 2 aromatic carbocycles. The maximum Gasteiger partial charge on any atom is 0.141 e. The molecular weight excluding hydrogens is 289 g/mol. The number of nitrogen functional groups attached to an aromatic ring is 1. The van der Waals surface area contributed by atoms with Gasteiger partial charge in [-0.25, -0.2) is 4.39 Å². The van der Waals surface area contributed by atoms with E-state index in [1.165, 1.54) is 17.7 Å². The molecular formula is C16H16FNO2S. The standard InChI is InChI=1S/C16H16FNO2S/c17-14-10-13(18)2-4-16(14)21(19)8-6-11-1-3-15-12(9-11)5-7-20-15/h1-4,9-10H,5-8,18H2. The Hall–Kier alpha value is -1.88. The van der Waals surface area contributed by atoms with E-state index in [2.05, 4.69) is 6.07 Å². The Morgan fingerprint density at radius 3 is 2.90 bits per heavy atom. The quantitative estimate of drug-likeness (QED) is 0.884. The predicted octanol–water partition coefficient (Wildman–Crippen LogP) is 2.69. The monoisotopic (exact) mass is 305 g/mol. The maximum absolute atomic E-state index is 13.7. The summed E-state index contributed by atoms with van der Waals surface area (Å²) in [5.41, 5.74) is 8.13. The van der Waals surface area contributed by atoms with Crippen molar-refractivity contribution in [1.29, 1.82) is 0 Å². The minimum Gasteiger partial charge on any atom is -0.493 e. The van der Waals surface area contributed by atoms with Crippen molar-refractivity contribution >= 4 is 16.5 Å². The van der Waals surface area contributed by atoms with Crippen LogP contribution in [0.3, 0.4) is 0 Å². The summed E-state index contributed by atoms with van der Waals surface area (Å²) in [6, 6.07) is 10.3. The van der Waals surface area contributed by atoms with Gasteiger partial charge >= 0.3 is 0 Å². The van der Waals surface area contributed by atoms with E-state index in [1.807, 2.05) is 12.1 Å². The van der Waals surface area contributed by atoms with Crippen LogP contribution in [0.25, 0.3) is 0 Å². The predicted molar refractivity (Wildman–Crippen MR) is 81.4 cm³/mol. The van der Waals surface area contributed by atoms with Crippen molar-refractivity contribution in [3.05, 3.63) is 53.3 Å². The fourth-order valence-electron chi connectivity index (χ4n) is 2.42. The number of hydrogen-bond acceptors (Lipinski definition) is 3. The van der Waals surface area contributed by atoms with E-state index in [9.17, 15) is 8.60 Å². The first-order valence-electron chi connectivity index (χ1n) is 6.81. The van der Waals surface area contributed by atoms with Gasteiger partial charge in [0.2, 0.25) is 0 Å². The highest BCUT2D eigenvalue weighted by molar-refractivity contribution is 7.85. The van der Waals surface area contributed by atoms with Crippen molar-refractivity contribution in [2.24, 2.45) is 0 Å². The molecule has 0 aliphatic carbocycles. The van der Waals surface area contributed by atoms with E-state index < -0.39 is 16.6 Å². The molecule has 3 rings (SSSR count). The molecule has 1 atom stereocenters. The molecule has 110 valence electrons. The lowest BCUT2D eigenvalue weighted by atomic mass is 10.1. The molecule has 0 amide bonds. The van der Waals surface area contributed by atoms with Crippen LogP contribution in [-0.2, 0) is 23.6 Å². The molecule has 2 N–H and O–H groups in total. The van der Waals surface area contributed by atoms with Gasteiger partial charge in [0.1, 0.15) is 11.6 Å². The lowest BCUT2D eigenvalue weighted by molar-refractivity contribution is 0.357. The van der Waals surface area contributed by atoms with Gasteiger partial charge in [-0.2, -0.15) is 0 Å². The molecule has 3 nitrogen and oxygen atoms in total. The van der Waals surface area contributed by atoms with Crippen LogP contribution in [0.5, 0.6) is 5.75 Å². The minimum atomic E-state index is -1.36. The number of benzene rings is 2. The molecule has 1 heterocycles. The molecule has 0 fully saturated rings. The Bertz CT molecular complexity index is 703. The Kier molecular flexibility index (Phi) is 3.92. The van der Waals surface area contributed by atoms with E-state index in [0.717, 1.165) is 24.3 Å². The second kappa shape index (κ2) is 5.85. The van der Waals surface area contributed by atoms with Gasteiger partial charge in [-0.05, 0) is 41.8 Å². The number of fused-ring (bicyclic) bond motifs is 1. The number of anilines is 1. The van der Waals surface area contributed by atoms with Crippen LogP contribution >= 0.6 is 0 Å². The Labute approximate surface area is 125 Å². The van der Waals surface area contributed by atoms with E-state index in [1.54, 1.807) is 6.07 Å². The summed E-state index contributed by atoms with van der Waals surface area (Å²) in [5, 5.41) is 0. The number of halogens is 1. The van der Waals surface area contributed by atoms with Crippen LogP contribution < -0.4 is 10.5 Å². The van der Waals surface area contributed by atoms with E-state index in [-0.39, 0.29) is 4.90 Å². The zero-order chi connectivity index (χ0) is 14.8. The lowest BCUT2D eigenvalue weighted by Crippen LogP contribution is -2.04. The first kappa shape index (κ1) is 14.1. The third-order valence-electron chi connectivity index (χ3n) is 3.53. The molecule has 1 unspecified atom stereocenters. The van der Waals surface area contributed by atoms with Gasteiger partial charge in [-0.15, -0.1) is 0 Å². The molecule has 0 radical (unpaired) electrons. The van der Waals surface area contributed by atoms with E-state index in [4.69, 9.17) is 10.5 Å². The molecule has 5 heteroatoms. The molecule has 0 saturated heterocycles. The summed E-state index contributed by atoms with van der Waals surface area (Å²) in [5.74, 6) is 0.820. The molecule has 0 spiro atoms. The average molecular weight is 305 g/mol. The third kappa shape index (κ3) is 3.08. The van der Waals surface area contributed by atoms with E-state index >= 15 is 0 Å². The fraction of sp³-hybridized carbons (Fsp3) is 0.250. The Balaban J connectivity index is 1.68. The molecule has 1 aliphatic heterocycles. The Morgan fingerprint density at radius 2 is 2.10 bits per heavy atom. The van der Waals surface area contributed by atoms with Crippen molar-refractivity contribution in [1.82, 2.24) is 0 Å². The van der Waals surface area contributed by atoms with E-state index in [0.29, 0.717) is 17.9 Å². The van der Waals surface area contributed by atoms with Gasteiger partial charge in [0, 0.05) is 17.9 Å². The second-order valence-corrected chi connectivity index (χ2v) is 6.57. The summed E-state index contributed by atoms with van der Waals surface area (Å²) in [6.07, 6.45) is 1.56. The van der Waals surface area contributed by atoms with Crippen LogP contribution in [0.1, 0.15) is 11.1 Å². The van der Waals surface area contributed by atoms with Crippen molar-refractivity contribution in [3.63, 3.8) is 0 Å². The summed E-state index contributed by atoms with van der Waals surface area (Å²) >= 11 is 0. The smallest absolute Gasteiger partial charge is 0.141 e. The zero-order valence-electron chi connectivity index (χ0n) is 11.5. The highest BCUT2D eigenvalue weighted by atomic mass is 32.2. The molecule has 0 saturated carbocycles. The minimum absolute atomic E-state index is 0.216. The maximum atomic E-state index is 13.7. The van der Waals surface area contributed by atoms with Crippen LogP contribution in [0.15, 0.2) is 41.3 Å². The molecule has 1 aliphatic rings. The summed E-state index contributed by atoms with van der Waals surface area (Å²) in [4.78, 5) is 0.216. The lowest BCUT2D eigenvalue weighted by Gasteiger charge is -2.06.